The van der Waals surface area contributed by atoms with Crippen molar-refractivity contribution in [3.63, 3.8) is 0 Å². The molecule has 0 heterocycles. The minimum Gasteiger partial charge on any atom is -0.491 e. The third kappa shape index (κ3) is 5.44. The molecule has 0 N–H and O–H groups in total. The maximum atomic E-state index is 5.64. The van der Waals surface area contributed by atoms with Crippen molar-refractivity contribution in [3.05, 3.63) is 29.3 Å². The number of halogens is 1. The van der Waals surface area contributed by atoms with E-state index in [4.69, 9.17) is 21.1 Å². The summed E-state index contributed by atoms with van der Waals surface area (Å²) < 4.78 is 11.0. The van der Waals surface area contributed by atoms with E-state index in [0.29, 0.717) is 19.1 Å². The molecular formula is C15H19ClO2. The molecule has 1 rings (SSSR count). The lowest BCUT2D eigenvalue weighted by molar-refractivity contribution is 0.100. The van der Waals surface area contributed by atoms with Gasteiger partial charge in [0.1, 0.15) is 12.4 Å². The molecular weight excluding hydrogens is 248 g/mol. The van der Waals surface area contributed by atoms with Gasteiger partial charge in [0, 0.05) is 12.2 Å². The average molecular weight is 267 g/mol. The Bertz CT molecular complexity index is 418. The smallest absolute Gasteiger partial charge is 0.122 e. The number of alkyl halides is 1. The zero-order chi connectivity index (χ0) is 13.2. The lowest BCUT2D eigenvalue weighted by Gasteiger charge is -2.09. The maximum absolute atomic E-state index is 5.64. The predicted octanol–water partition coefficient (Wildman–Crippen LogP) is 3.39. The first-order valence-electron chi connectivity index (χ1n) is 6.14. The van der Waals surface area contributed by atoms with Crippen molar-refractivity contribution in [1.29, 1.82) is 0 Å². The van der Waals surface area contributed by atoms with E-state index in [1.807, 2.05) is 25.1 Å². The fourth-order valence-corrected chi connectivity index (χ4v) is 1.55. The molecule has 18 heavy (non-hydrogen) atoms. The van der Waals surface area contributed by atoms with Crippen LogP contribution in [0.1, 0.15) is 24.5 Å². The van der Waals surface area contributed by atoms with Gasteiger partial charge < -0.3 is 9.47 Å². The minimum atomic E-state index is 0.353. The second-order valence-corrected chi connectivity index (χ2v) is 4.14. The van der Waals surface area contributed by atoms with Crippen LogP contribution in [-0.2, 0) is 4.74 Å². The summed E-state index contributed by atoms with van der Waals surface area (Å²) in [5.41, 5.74) is 2.04. The van der Waals surface area contributed by atoms with Crippen molar-refractivity contribution in [2.45, 2.75) is 20.3 Å². The summed E-state index contributed by atoms with van der Waals surface area (Å²) in [6.45, 7) is 6.09. The molecule has 1 aromatic rings. The highest BCUT2D eigenvalue weighted by Crippen LogP contribution is 2.18. The zero-order valence-corrected chi connectivity index (χ0v) is 11.7. The summed E-state index contributed by atoms with van der Waals surface area (Å²) in [7, 11) is 0. The Labute approximate surface area is 114 Å². The van der Waals surface area contributed by atoms with Crippen molar-refractivity contribution >= 4 is 11.6 Å². The Morgan fingerprint density at radius 3 is 2.72 bits per heavy atom. The molecule has 0 aliphatic rings. The number of ether oxygens (including phenoxy) is 2. The van der Waals surface area contributed by atoms with Crippen molar-refractivity contribution in [1.82, 2.24) is 0 Å². The number of benzene rings is 1. The molecule has 0 aliphatic carbocycles. The van der Waals surface area contributed by atoms with E-state index < -0.39 is 0 Å². The molecule has 0 radical (unpaired) electrons. The average Bonchev–Trinajstić information content (AvgIpc) is 2.38. The normalized spacial score (nSPS) is 9.72. The van der Waals surface area contributed by atoms with E-state index in [-0.39, 0.29) is 0 Å². The second-order valence-electron chi connectivity index (χ2n) is 3.88. The van der Waals surface area contributed by atoms with E-state index in [1.165, 1.54) is 0 Å². The Kier molecular flexibility index (Phi) is 7.32. The highest BCUT2D eigenvalue weighted by molar-refractivity contribution is 6.19. The summed E-state index contributed by atoms with van der Waals surface area (Å²) in [5.74, 6) is 7.05. The van der Waals surface area contributed by atoms with Crippen LogP contribution in [0.4, 0.5) is 0 Å². The van der Waals surface area contributed by atoms with Crippen LogP contribution in [0.2, 0.25) is 0 Å². The molecule has 0 spiro atoms. The van der Waals surface area contributed by atoms with Gasteiger partial charge in [-0.1, -0.05) is 18.8 Å². The SMILES string of the molecule is CCCOCCOc1ccc(C#CCCl)cc1C. The molecule has 0 atom stereocenters. The fourth-order valence-electron chi connectivity index (χ4n) is 1.48. The van der Waals surface area contributed by atoms with E-state index in [9.17, 15) is 0 Å². The summed E-state index contributed by atoms with van der Waals surface area (Å²) in [6, 6.07) is 5.88. The number of hydrogen-bond donors (Lipinski definition) is 0. The first-order chi connectivity index (χ1) is 8.77. The Morgan fingerprint density at radius 2 is 2.06 bits per heavy atom. The van der Waals surface area contributed by atoms with E-state index in [1.54, 1.807) is 0 Å². The Balaban J connectivity index is 2.47. The second kappa shape index (κ2) is 8.85. The van der Waals surface area contributed by atoms with Gasteiger partial charge in [-0.15, -0.1) is 11.6 Å². The first kappa shape index (κ1) is 14.9. The zero-order valence-electron chi connectivity index (χ0n) is 11.0. The third-order valence-electron chi connectivity index (χ3n) is 2.31. The number of hydrogen-bond acceptors (Lipinski definition) is 2. The third-order valence-corrected chi connectivity index (χ3v) is 2.44. The van der Waals surface area contributed by atoms with Crippen LogP contribution in [0.25, 0.3) is 0 Å². The lowest BCUT2D eigenvalue weighted by atomic mass is 10.1. The summed E-state index contributed by atoms with van der Waals surface area (Å²) in [6.07, 6.45) is 1.03. The van der Waals surface area contributed by atoms with Gasteiger partial charge in [-0.3, -0.25) is 0 Å². The molecule has 0 aromatic heterocycles. The topological polar surface area (TPSA) is 18.5 Å². The lowest BCUT2D eigenvalue weighted by Crippen LogP contribution is -2.07. The van der Waals surface area contributed by atoms with Gasteiger partial charge in [-0.2, -0.15) is 0 Å². The summed E-state index contributed by atoms with van der Waals surface area (Å²) >= 11 is 5.52. The number of rotatable bonds is 6. The van der Waals surface area contributed by atoms with Crippen molar-refractivity contribution < 1.29 is 9.47 Å². The quantitative estimate of drug-likeness (QED) is 0.446. The Hall–Kier alpha value is -1.17. The van der Waals surface area contributed by atoms with Crippen LogP contribution in [0, 0.1) is 18.8 Å². The largest absolute Gasteiger partial charge is 0.491 e. The van der Waals surface area contributed by atoms with Gasteiger partial charge in [0.05, 0.1) is 12.5 Å². The van der Waals surface area contributed by atoms with Crippen LogP contribution < -0.4 is 4.74 Å². The molecule has 2 nitrogen and oxygen atoms in total. The standard InChI is InChI=1S/C15H19ClO2/c1-3-9-17-10-11-18-15-7-6-14(5-4-8-16)12-13(15)2/h6-7,12H,3,8-11H2,1-2H3. The Morgan fingerprint density at radius 1 is 1.22 bits per heavy atom. The highest BCUT2D eigenvalue weighted by atomic mass is 35.5. The van der Waals surface area contributed by atoms with E-state index in [2.05, 4.69) is 18.8 Å². The van der Waals surface area contributed by atoms with Gasteiger partial charge >= 0.3 is 0 Å². The van der Waals surface area contributed by atoms with Crippen molar-refractivity contribution in [3.8, 4) is 17.6 Å². The summed E-state index contributed by atoms with van der Waals surface area (Å²) in [5, 5.41) is 0. The van der Waals surface area contributed by atoms with Crippen molar-refractivity contribution in [2.24, 2.45) is 0 Å². The monoisotopic (exact) mass is 266 g/mol. The number of aryl methyl sites for hydroxylation is 1. The van der Waals surface area contributed by atoms with E-state index >= 15 is 0 Å². The fraction of sp³-hybridized carbons (Fsp3) is 0.467. The molecule has 0 unspecified atom stereocenters. The molecule has 0 aliphatic heterocycles. The molecule has 0 amide bonds. The molecule has 1 aromatic carbocycles. The minimum absolute atomic E-state index is 0.353. The van der Waals surface area contributed by atoms with Gasteiger partial charge in [0.15, 0.2) is 0 Å². The van der Waals surface area contributed by atoms with Crippen LogP contribution >= 0.6 is 11.6 Å². The van der Waals surface area contributed by atoms with Gasteiger partial charge in [-0.05, 0) is 37.1 Å². The van der Waals surface area contributed by atoms with Crippen molar-refractivity contribution in [2.75, 3.05) is 25.7 Å². The van der Waals surface area contributed by atoms with E-state index in [0.717, 1.165) is 29.9 Å². The van der Waals surface area contributed by atoms with Gasteiger partial charge in [0.2, 0.25) is 0 Å². The van der Waals surface area contributed by atoms with Crippen LogP contribution in [-0.4, -0.2) is 25.7 Å². The molecule has 0 bridgehead atoms. The highest BCUT2D eigenvalue weighted by Gasteiger charge is 2.00. The van der Waals surface area contributed by atoms with Crippen LogP contribution in [0.5, 0.6) is 5.75 Å². The molecule has 0 saturated heterocycles. The summed E-state index contributed by atoms with van der Waals surface area (Å²) in [4.78, 5) is 0. The molecule has 3 heteroatoms. The molecule has 0 saturated carbocycles. The van der Waals surface area contributed by atoms with Gasteiger partial charge in [0.25, 0.3) is 0 Å². The molecule has 0 fully saturated rings. The van der Waals surface area contributed by atoms with Crippen LogP contribution in [0.3, 0.4) is 0 Å². The molecule has 98 valence electrons. The first-order valence-corrected chi connectivity index (χ1v) is 6.67. The predicted molar refractivity (Wildman–Crippen MR) is 75.4 cm³/mol. The van der Waals surface area contributed by atoms with Crippen LogP contribution in [0.15, 0.2) is 18.2 Å². The van der Waals surface area contributed by atoms with Gasteiger partial charge in [-0.25, -0.2) is 0 Å². The maximum Gasteiger partial charge on any atom is 0.122 e.